The molecule has 0 fully saturated rings. The molecule has 0 saturated carbocycles. The van der Waals surface area contributed by atoms with E-state index in [0.717, 1.165) is 0 Å². The van der Waals surface area contributed by atoms with Gasteiger partial charge in [-0.15, -0.1) is 0 Å². The molecule has 136 valence electrons. The van der Waals surface area contributed by atoms with Gasteiger partial charge in [0.2, 0.25) is 0 Å². The van der Waals surface area contributed by atoms with Crippen LogP contribution in [0.1, 0.15) is 20.8 Å². The van der Waals surface area contributed by atoms with Crippen molar-refractivity contribution < 1.29 is 34.1 Å². The van der Waals surface area contributed by atoms with Gasteiger partial charge in [-0.3, -0.25) is 0 Å². The molecule has 0 rings (SSSR count). The van der Waals surface area contributed by atoms with Crippen LogP contribution in [0.25, 0.3) is 0 Å². The second kappa shape index (κ2) is 16.7. The highest BCUT2D eigenvalue weighted by Crippen LogP contribution is 1.91. The smallest absolute Gasteiger partial charge is 0.333 e. The Morgan fingerprint density at radius 1 is 0.917 bits per heavy atom. The molecule has 0 atom stereocenters. The van der Waals surface area contributed by atoms with Crippen LogP contribution in [0.15, 0.2) is 49.1 Å². The van der Waals surface area contributed by atoms with Gasteiger partial charge in [-0.1, -0.05) is 32.4 Å². The van der Waals surface area contributed by atoms with Gasteiger partial charge in [-0.2, -0.15) is 0 Å². The van der Waals surface area contributed by atoms with E-state index in [9.17, 15) is 14.4 Å². The average molecular weight is 342 g/mol. The Morgan fingerprint density at radius 3 is 1.54 bits per heavy atom. The van der Waals surface area contributed by atoms with Gasteiger partial charge in [0.15, 0.2) is 0 Å². The lowest BCUT2D eigenvalue weighted by atomic mass is 10.4. The summed E-state index contributed by atoms with van der Waals surface area (Å²) in [5.41, 5.74) is 0.940. The van der Waals surface area contributed by atoms with E-state index in [-0.39, 0.29) is 31.4 Å². The first-order valence-electron chi connectivity index (χ1n) is 6.76. The van der Waals surface area contributed by atoms with Crippen LogP contribution in [0, 0.1) is 0 Å². The van der Waals surface area contributed by atoms with Gasteiger partial charge in [-0.25, -0.2) is 14.4 Å². The van der Waals surface area contributed by atoms with Crippen LogP contribution in [0.4, 0.5) is 0 Å². The molecule has 0 spiro atoms. The number of carboxylic acid groups (broad SMARTS) is 1. The molecule has 0 aliphatic rings. The van der Waals surface area contributed by atoms with Crippen molar-refractivity contribution >= 4 is 17.9 Å². The summed E-state index contributed by atoms with van der Waals surface area (Å²) < 4.78 is 9.06. The molecular weight excluding hydrogens is 316 g/mol. The zero-order valence-electron chi connectivity index (χ0n) is 14.5. The molecule has 0 aliphatic heterocycles. The molecule has 2 N–H and O–H groups in total. The number of carbonyl (C=O) groups excluding carboxylic acids is 2. The van der Waals surface area contributed by atoms with E-state index in [1.165, 1.54) is 13.0 Å². The lowest BCUT2D eigenvalue weighted by Crippen LogP contribution is -2.08. The van der Waals surface area contributed by atoms with Crippen molar-refractivity contribution in [3.8, 4) is 0 Å². The summed E-state index contributed by atoms with van der Waals surface area (Å²) in [4.78, 5) is 30.6. The zero-order valence-corrected chi connectivity index (χ0v) is 14.5. The monoisotopic (exact) mass is 342 g/mol. The molecule has 0 aromatic heterocycles. The van der Waals surface area contributed by atoms with E-state index in [2.05, 4.69) is 35.8 Å². The molecule has 0 heterocycles. The van der Waals surface area contributed by atoms with Crippen molar-refractivity contribution in [2.24, 2.45) is 0 Å². The largest absolute Gasteiger partial charge is 0.478 e. The molecule has 0 amide bonds. The minimum atomic E-state index is -0.935. The molecule has 0 aromatic carbocycles. The Kier molecular flexibility index (Phi) is 18.3. The molecular formula is C17H26O7. The second-order valence-electron chi connectivity index (χ2n) is 4.39. The maximum absolute atomic E-state index is 10.5. The van der Waals surface area contributed by atoms with E-state index >= 15 is 0 Å². The van der Waals surface area contributed by atoms with Gasteiger partial charge >= 0.3 is 17.9 Å². The van der Waals surface area contributed by atoms with Crippen molar-refractivity contribution in [1.29, 1.82) is 0 Å². The Labute approximate surface area is 142 Å². The fraction of sp³-hybridized carbons (Fsp3) is 0.353. The standard InChI is InChI=1S/C7H10O2.C6H10O3.C4H6O2/c1-4-5-9-7(8)6(2)3;1-5(2)6(8)9-4-3-7;1-3(2)4(5)6/h4H,1-2,5H2,3H3;7H,1,3-4H2,2H3;1H2,2H3,(H,5,6). The SMILES string of the molecule is C=C(C)C(=O)O.C=C(C)C(=O)OCCO.C=CCOC(=O)C(=C)C. The first kappa shape index (κ1) is 26.2. The van der Waals surface area contributed by atoms with Crippen LogP contribution in [0.2, 0.25) is 0 Å². The molecule has 0 aliphatic carbocycles. The van der Waals surface area contributed by atoms with Gasteiger partial charge in [0.1, 0.15) is 13.2 Å². The summed E-state index contributed by atoms with van der Waals surface area (Å²) in [5, 5.41) is 16.1. The Bertz CT molecular complexity index is 463. The minimum absolute atomic E-state index is 0.0473. The highest BCUT2D eigenvalue weighted by molar-refractivity contribution is 5.87. The molecule has 0 bridgehead atoms. The van der Waals surface area contributed by atoms with Gasteiger partial charge < -0.3 is 19.7 Å². The number of aliphatic hydroxyl groups excluding tert-OH is 1. The van der Waals surface area contributed by atoms with Crippen LogP contribution in [-0.4, -0.2) is 47.9 Å². The predicted octanol–water partition coefficient (Wildman–Crippen LogP) is 2.04. The van der Waals surface area contributed by atoms with Gasteiger partial charge in [0.05, 0.1) is 6.61 Å². The van der Waals surface area contributed by atoms with E-state index in [0.29, 0.717) is 11.1 Å². The number of carbonyl (C=O) groups is 3. The molecule has 0 saturated heterocycles. The predicted molar refractivity (Wildman–Crippen MR) is 91.3 cm³/mol. The van der Waals surface area contributed by atoms with Gasteiger partial charge in [0, 0.05) is 16.7 Å². The fourth-order valence-corrected chi connectivity index (χ4v) is 0.519. The Balaban J connectivity index is -0.000000282. The van der Waals surface area contributed by atoms with Crippen LogP contribution in [-0.2, 0) is 23.9 Å². The quantitative estimate of drug-likeness (QED) is 0.414. The van der Waals surface area contributed by atoms with Crippen molar-refractivity contribution in [2.75, 3.05) is 19.8 Å². The number of aliphatic hydroxyl groups is 1. The highest BCUT2D eigenvalue weighted by Gasteiger charge is 2.00. The van der Waals surface area contributed by atoms with Crippen LogP contribution >= 0.6 is 0 Å². The number of hydrogen-bond acceptors (Lipinski definition) is 6. The van der Waals surface area contributed by atoms with Gasteiger partial charge in [-0.05, 0) is 20.8 Å². The second-order valence-corrected chi connectivity index (χ2v) is 4.39. The number of ether oxygens (including phenoxy) is 2. The normalized spacial score (nSPS) is 8.17. The van der Waals surface area contributed by atoms with E-state index in [4.69, 9.17) is 10.2 Å². The summed E-state index contributed by atoms with van der Waals surface area (Å²) >= 11 is 0. The van der Waals surface area contributed by atoms with Crippen molar-refractivity contribution in [3.05, 3.63) is 49.1 Å². The number of hydrogen-bond donors (Lipinski definition) is 2. The molecule has 0 radical (unpaired) electrons. The lowest BCUT2D eigenvalue weighted by Gasteiger charge is -1.99. The van der Waals surface area contributed by atoms with E-state index in [1.54, 1.807) is 13.8 Å². The third kappa shape index (κ3) is 21.6. The number of aliphatic carboxylic acids is 1. The van der Waals surface area contributed by atoms with Crippen molar-refractivity contribution in [2.45, 2.75) is 20.8 Å². The van der Waals surface area contributed by atoms with Crippen molar-refractivity contribution in [3.63, 3.8) is 0 Å². The minimum Gasteiger partial charge on any atom is -0.478 e. The zero-order chi connectivity index (χ0) is 19.7. The number of esters is 2. The first-order valence-corrected chi connectivity index (χ1v) is 6.76. The first-order chi connectivity index (χ1) is 11.0. The molecule has 0 unspecified atom stereocenters. The third-order valence-electron chi connectivity index (χ3n) is 1.72. The molecule has 0 aromatic rings. The van der Waals surface area contributed by atoms with Crippen LogP contribution in [0.3, 0.4) is 0 Å². The maximum atomic E-state index is 10.5. The van der Waals surface area contributed by atoms with Gasteiger partial charge in [0.25, 0.3) is 0 Å². The average Bonchev–Trinajstić information content (AvgIpc) is 2.50. The summed E-state index contributed by atoms with van der Waals surface area (Å²) in [7, 11) is 0. The maximum Gasteiger partial charge on any atom is 0.333 e. The number of rotatable bonds is 7. The highest BCUT2D eigenvalue weighted by atomic mass is 16.5. The Hall–Kier alpha value is -2.67. The molecule has 7 nitrogen and oxygen atoms in total. The third-order valence-corrected chi connectivity index (χ3v) is 1.72. The number of carboxylic acids is 1. The van der Waals surface area contributed by atoms with Crippen LogP contribution < -0.4 is 0 Å². The summed E-state index contributed by atoms with van der Waals surface area (Å²) in [5.74, 6) is -1.76. The topological polar surface area (TPSA) is 110 Å². The van der Waals surface area contributed by atoms with Crippen LogP contribution in [0.5, 0.6) is 0 Å². The lowest BCUT2D eigenvalue weighted by molar-refractivity contribution is -0.140. The summed E-state index contributed by atoms with van der Waals surface area (Å²) in [6.07, 6.45) is 1.51. The fourth-order valence-electron chi connectivity index (χ4n) is 0.519. The van der Waals surface area contributed by atoms with E-state index < -0.39 is 11.9 Å². The molecule has 24 heavy (non-hydrogen) atoms. The summed E-state index contributed by atoms with van der Waals surface area (Å²) in [6.45, 7) is 18.1. The van der Waals surface area contributed by atoms with E-state index in [1.807, 2.05) is 0 Å². The Morgan fingerprint density at radius 2 is 1.29 bits per heavy atom. The molecule has 7 heteroatoms. The summed E-state index contributed by atoms with van der Waals surface area (Å²) in [6, 6.07) is 0. The van der Waals surface area contributed by atoms with Crippen molar-refractivity contribution in [1.82, 2.24) is 0 Å².